The SMILES string of the molecule is c1cn(CCCCNC2=NCC3(CCCC3)CS2)cn1. The Morgan fingerprint density at radius 2 is 2.20 bits per heavy atom. The highest BCUT2D eigenvalue weighted by Crippen LogP contribution is 2.43. The number of thioether (sulfide) groups is 1. The summed E-state index contributed by atoms with van der Waals surface area (Å²) in [6.07, 6.45) is 13.7. The molecule has 1 N–H and O–H groups in total. The van der Waals surface area contributed by atoms with E-state index in [9.17, 15) is 0 Å². The van der Waals surface area contributed by atoms with Crippen LogP contribution in [0.25, 0.3) is 0 Å². The molecule has 0 bridgehead atoms. The average Bonchev–Trinajstić information content (AvgIpc) is 3.13. The number of hydrogen-bond donors (Lipinski definition) is 1. The first-order chi connectivity index (χ1) is 9.86. The van der Waals surface area contributed by atoms with Crippen LogP contribution in [-0.4, -0.2) is 33.6 Å². The maximum Gasteiger partial charge on any atom is 0.156 e. The Kier molecular flexibility index (Phi) is 4.65. The van der Waals surface area contributed by atoms with E-state index in [1.165, 1.54) is 49.4 Å². The van der Waals surface area contributed by atoms with Gasteiger partial charge in [-0.25, -0.2) is 4.98 Å². The largest absolute Gasteiger partial charge is 0.365 e. The zero-order valence-electron chi connectivity index (χ0n) is 12.1. The third-order valence-corrected chi connectivity index (χ3v) is 5.72. The highest BCUT2D eigenvalue weighted by molar-refractivity contribution is 8.13. The lowest BCUT2D eigenvalue weighted by Crippen LogP contribution is -2.33. The van der Waals surface area contributed by atoms with Crippen molar-refractivity contribution in [2.75, 3.05) is 18.8 Å². The summed E-state index contributed by atoms with van der Waals surface area (Å²) >= 11 is 1.94. The molecule has 1 spiro atoms. The van der Waals surface area contributed by atoms with Gasteiger partial charge in [0.1, 0.15) is 0 Å². The molecular weight excluding hydrogens is 268 g/mol. The Balaban J connectivity index is 1.32. The van der Waals surface area contributed by atoms with Crippen LogP contribution in [0, 0.1) is 5.41 Å². The van der Waals surface area contributed by atoms with Gasteiger partial charge < -0.3 is 9.88 Å². The number of aromatic nitrogens is 2. The van der Waals surface area contributed by atoms with E-state index in [-0.39, 0.29) is 0 Å². The van der Waals surface area contributed by atoms with Crippen LogP contribution in [-0.2, 0) is 6.54 Å². The number of hydrogen-bond acceptors (Lipinski definition) is 4. The van der Waals surface area contributed by atoms with Crippen LogP contribution in [0.2, 0.25) is 0 Å². The lowest BCUT2D eigenvalue weighted by molar-refractivity contribution is 0.358. The van der Waals surface area contributed by atoms with E-state index in [0.717, 1.165) is 19.6 Å². The molecule has 4 nitrogen and oxygen atoms in total. The van der Waals surface area contributed by atoms with Crippen LogP contribution >= 0.6 is 11.8 Å². The third-order valence-electron chi connectivity index (χ3n) is 4.42. The molecule has 1 aliphatic carbocycles. The van der Waals surface area contributed by atoms with Crippen molar-refractivity contribution in [2.45, 2.75) is 45.1 Å². The minimum atomic E-state index is 0.553. The highest BCUT2D eigenvalue weighted by Gasteiger charge is 2.36. The summed E-state index contributed by atoms with van der Waals surface area (Å²) in [6.45, 7) is 3.15. The fourth-order valence-electron chi connectivity index (χ4n) is 3.12. The fourth-order valence-corrected chi connectivity index (χ4v) is 4.30. The number of unbranched alkanes of at least 4 members (excludes halogenated alkanes) is 1. The van der Waals surface area contributed by atoms with Crippen LogP contribution in [0.1, 0.15) is 38.5 Å². The molecule has 0 radical (unpaired) electrons. The second-order valence-corrected chi connectivity index (χ2v) is 7.02. The van der Waals surface area contributed by atoms with Gasteiger partial charge in [-0.2, -0.15) is 0 Å². The lowest BCUT2D eigenvalue weighted by Gasteiger charge is -2.31. The molecule has 1 fully saturated rings. The van der Waals surface area contributed by atoms with Gasteiger partial charge in [0.25, 0.3) is 0 Å². The standard InChI is InChI=1S/C15H24N4S/c1-2-6-15(5-1)11-18-14(20-12-15)17-7-3-4-9-19-10-8-16-13-19/h8,10,13H,1-7,9,11-12H2,(H,17,18). The first-order valence-corrected chi connectivity index (χ1v) is 8.72. The topological polar surface area (TPSA) is 42.2 Å². The summed E-state index contributed by atoms with van der Waals surface area (Å²) in [5.74, 6) is 1.27. The van der Waals surface area contributed by atoms with E-state index >= 15 is 0 Å². The molecule has 3 rings (SSSR count). The molecule has 1 saturated carbocycles. The van der Waals surface area contributed by atoms with E-state index in [0.29, 0.717) is 5.41 Å². The van der Waals surface area contributed by atoms with Gasteiger partial charge in [0, 0.05) is 37.8 Å². The number of amidine groups is 1. The van der Waals surface area contributed by atoms with Gasteiger partial charge in [0.05, 0.1) is 6.33 Å². The van der Waals surface area contributed by atoms with Gasteiger partial charge in [-0.3, -0.25) is 4.99 Å². The van der Waals surface area contributed by atoms with Gasteiger partial charge in [-0.1, -0.05) is 24.6 Å². The van der Waals surface area contributed by atoms with E-state index < -0.39 is 0 Å². The Labute approximate surface area is 125 Å². The second-order valence-electron chi connectivity index (χ2n) is 6.05. The molecule has 1 aromatic rings. The minimum Gasteiger partial charge on any atom is -0.365 e. The van der Waals surface area contributed by atoms with Crippen molar-refractivity contribution in [3.05, 3.63) is 18.7 Å². The van der Waals surface area contributed by atoms with Crippen molar-refractivity contribution in [2.24, 2.45) is 10.4 Å². The van der Waals surface area contributed by atoms with E-state index in [1.807, 2.05) is 30.5 Å². The summed E-state index contributed by atoms with van der Waals surface area (Å²) < 4.78 is 2.14. The van der Waals surface area contributed by atoms with Gasteiger partial charge >= 0.3 is 0 Å². The zero-order valence-corrected chi connectivity index (χ0v) is 12.9. The van der Waals surface area contributed by atoms with Crippen LogP contribution in [0.3, 0.4) is 0 Å². The molecule has 0 aromatic carbocycles. The summed E-state index contributed by atoms with van der Waals surface area (Å²) in [7, 11) is 0. The number of imidazole rings is 1. The monoisotopic (exact) mass is 292 g/mol. The maximum atomic E-state index is 4.77. The second kappa shape index (κ2) is 6.66. The van der Waals surface area contributed by atoms with Gasteiger partial charge in [-0.05, 0) is 31.1 Å². The Morgan fingerprint density at radius 3 is 2.90 bits per heavy atom. The maximum absolute atomic E-state index is 4.77. The van der Waals surface area contributed by atoms with Crippen molar-refractivity contribution in [3.8, 4) is 0 Å². The number of nitrogens with one attached hydrogen (secondary N) is 1. The van der Waals surface area contributed by atoms with Crippen molar-refractivity contribution < 1.29 is 0 Å². The molecule has 0 atom stereocenters. The molecule has 0 amide bonds. The van der Waals surface area contributed by atoms with Crippen molar-refractivity contribution in [1.29, 1.82) is 0 Å². The molecule has 1 aliphatic heterocycles. The fraction of sp³-hybridized carbons (Fsp3) is 0.733. The van der Waals surface area contributed by atoms with Crippen molar-refractivity contribution in [3.63, 3.8) is 0 Å². The summed E-state index contributed by atoms with van der Waals surface area (Å²) in [6, 6.07) is 0. The Bertz CT molecular complexity index is 435. The van der Waals surface area contributed by atoms with Crippen LogP contribution in [0.5, 0.6) is 0 Å². The first-order valence-electron chi connectivity index (χ1n) is 7.73. The van der Waals surface area contributed by atoms with Gasteiger partial charge in [-0.15, -0.1) is 0 Å². The number of aryl methyl sites for hydroxylation is 1. The highest BCUT2D eigenvalue weighted by atomic mass is 32.2. The van der Waals surface area contributed by atoms with Crippen LogP contribution in [0.15, 0.2) is 23.7 Å². The van der Waals surface area contributed by atoms with E-state index in [2.05, 4.69) is 14.9 Å². The summed E-state index contributed by atoms with van der Waals surface area (Å²) in [5, 5.41) is 4.67. The third kappa shape index (κ3) is 3.57. The Hall–Kier alpha value is -0.970. The molecule has 5 heteroatoms. The van der Waals surface area contributed by atoms with Crippen molar-refractivity contribution >= 4 is 16.9 Å². The molecule has 2 aliphatic rings. The average molecular weight is 292 g/mol. The van der Waals surface area contributed by atoms with Crippen LogP contribution in [0.4, 0.5) is 0 Å². The normalized spacial score (nSPS) is 21.1. The number of rotatable bonds is 5. The predicted molar refractivity (Wildman–Crippen MR) is 85.1 cm³/mol. The van der Waals surface area contributed by atoms with Crippen molar-refractivity contribution in [1.82, 2.24) is 14.9 Å². The smallest absolute Gasteiger partial charge is 0.156 e. The summed E-state index contributed by atoms with van der Waals surface area (Å²) in [5.41, 5.74) is 0.553. The zero-order chi connectivity index (χ0) is 13.7. The molecule has 110 valence electrons. The number of nitrogens with zero attached hydrogens (tertiary/aromatic N) is 3. The Morgan fingerprint density at radius 1 is 1.30 bits per heavy atom. The minimum absolute atomic E-state index is 0.553. The summed E-state index contributed by atoms with van der Waals surface area (Å²) in [4.78, 5) is 8.82. The van der Waals surface area contributed by atoms with Gasteiger partial charge in [0.15, 0.2) is 5.17 Å². The predicted octanol–water partition coefficient (Wildman–Crippen LogP) is 2.92. The first kappa shape index (κ1) is 14.0. The lowest BCUT2D eigenvalue weighted by atomic mass is 9.89. The quantitative estimate of drug-likeness (QED) is 0.849. The molecule has 2 heterocycles. The molecule has 0 unspecified atom stereocenters. The van der Waals surface area contributed by atoms with Crippen LogP contribution < -0.4 is 5.32 Å². The van der Waals surface area contributed by atoms with E-state index in [4.69, 9.17) is 4.99 Å². The van der Waals surface area contributed by atoms with E-state index in [1.54, 1.807) is 0 Å². The molecular formula is C15H24N4S. The molecule has 1 aromatic heterocycles. The number of aliphatic imine (C=N–C) groups is 1. The van der Waals surface area contributed by atoms with Gasteiger partial charge in [0.2, 0.25) is 0 Å². The molecule has 20 heavy (non-hydrogen) atoms. The molecule has 0 saturated heterocycles.